The average molecular weight is 540 g/mol. The van der Waals surface area contributed by atoms with E-state index in [1.54, 1.807) is 25.1 Å². The second-order valence-corrected chi connectivity index (χ2v) is 11.0. The van der Waals surface area contributed by atoms with Crippen LogP contribution in [0.25, 0.3) is 0 Å². The third kappa shape index (κ3) is 7.41. The number of nitrogens with zero attached hydrogens (tertiary/aromatic N) is 2. The molecule has 202 valence electrons. The van der Waals surface area contributed by atoms with Gasteiger partial charge in [-0.2, -0.15) is 0 Å². The molecule has 0 spiro atoms. The number of hydrogen-bond donors (Lipinski definition) is 1. The van der Waals surface area contributed by atoms with Crippen LogP contribution in [0.4, 0.5) is 10.1 Å². The maximum atomic E-state index is 13.8. The largest absolute Gasteiger partial charge is 0.354 e. The zero-order chi connectivity index (χ0) is 27.7. The Bertz CT molecular complexity index is 1310. The second kappa shape index (κ2) is 13.2. The first kappa shape index (κ1) is 28.8. The van der Waals surface area contributed by atoms with Crippen molar-refractivity contribution in [3.8, 4) is 0 Å². The quantitative estimate of drug-likeness (QED) is 0.339. The Hall–Kier alpha value is -3.72. The topological polar surface area (TPSA) is 86.8 Å². The Labute approximate surface area is 224 Å². The third-order valence-corrected chi connectivity index (χ3v) is 7.98. The third-order valence-electron chi connectivity index (χ3n) is 6.20. The van der Waals surface area contributed by atoms with Gasteiger partial charge in [0.2, 0.25) is 11.8 Å². The molecule has 0 heterocycles. The number of halogens is 1. The molecule has 0 aliphatic rings. The van der Waals surface area contributed by atoms with Crippen LogP contribution in [0.15, 0.2) is 83.8 Å². The maximum Gasteiger partial charge on any atom is 0.264 e. The van der Waals surface area contributed by atoms with Crippen LogP contribution in [-0.2, 0) is 26.2 Å². The van der Waals surface area contributed by atoms with E-state index >= 15 is 0 Å². The highest BCUT2D eigenvalue weighted by Crippen LogP contribution is 2.25. The van der Waals surface area contributed by atoms with Crippen molar-refractivity contribution in [3.63, 3.8) is 0 Å². The molecule has 2 amide bonds. The lowest BCUT2D eigenvalue weighted by atomic mass is 10.1. The van der Waals surface area contributed by atoms with Gasteiger partial charge in [-0.15, -0.1) is 0 Å². The molecule has 3 aromatic rings. The van der Waals surface area contributed by atoms with Crippen LogP contribution in [0.2, 0.25) is 0 Å². The van der Waals surface area contributed by atoms with Gasteiger partial charge in [0.05, 0.1) is 10.6 Å². The molecule has 0 unspecified atom stereocenters. The predicted molar refractivity (Wildman–Crippen MR) is 146 cm³/mol. The molecule has 0 saturated heterocycles. The van der Waals surface area contributed by atoms with Crippen LogP contribution in [0.1, 0.15) is 37.8 Å². The molecule has 0 aromatic heterocycles. The lowest BCUT2D eigenvalue weighted by Crippen LogP contribution is -2.51. The molecule has 38 heavy (non-hydrogen) atoms. The fraction of sp³-hybridized carbons (Fsp3) is 0.310. The molecule has 0 aliphatic heterocycles. The van der Waals surface area contributed by atoms with E-state index < -0.39 is 34.3 Å². The van der Waals surface area contributed by atoms with Crippen molar-refractivity contribution in [2.24, 2.45) is 0 Å². The fourth-order valence-electron chi connectivity index (χ4n) is 3.86. The highest BCUT2D eigenvalue weighted by Gasteiger charge is 2.32. The summed E-state index contributed by atoms with van der Waals surface area (Å²) in [5, 5.41) is 2.85. The number of carbonyl (C=O) groups is 2. The van der Waals surface area contributed by atoms with Crippen LogP contribution in [0.5, 0.6) is 0 Å². The molecule has 7 nitrogen and oxygen atoms in total. The number of nitrogens with one attached hydrogen (secondary N) is 1. The van der Waals surface area contributed by atoms with Crippen molar-refractivity contribution in [2.45, 2.75) is 51.1 Å². The Balaban J connectivity index is 1.97. The van der Waals surface area contributed by atoms with Crippen molar-refractivity contribution in [2.75, 3.05) is 17.4 Å². The molecule has 1 atom stereocenters. The smallest absolute Gasteiger partial charge is 0.264 e. The highest BCUT2D eigenvalue weighted by molar-refractivity contribution is 7.92. The Morgan fingerprint density at radius 3 is 2.18 bits per heavy atom. The summed E-state index contributed by atoms with van der Waals surface area (Å²) >= 11 is 0. The van der Waals surface area contributed by atoms with Gasteiger partial charge in [-0.1, -0.05) is 61.4 Å². The monoisotopic (exact) mass is 539 g/mol. The SMILES string of the molecule is CCCCNC(=O)[C@@H](C)N(Cc1ccc(C)cc1)C(=O)CN(c1ccc(F)cc1)S(=O)(=O)c1ccccc1. The summed E-state index contributed by atoms with van der Waals surface area (Å²) in [6.45, 7) is 5.62. The van der Waals surface area contributed by atoms with Gasteiger partial charge in [0.15, 0.2) is 0 Å². The van der Waals surface area contributed by atoms with Crippen molar-refractivity contribution in [1.82, 2.24) is 10.2 Å². The number of rotatable bonds is 12. The Morgan fingerprint density at radius 2 is 1.58 bits per heavy atom. The van der Waals surface area contributed by atoms with Gasteiger partial charge < -0.3 is 10.2 Å². The van der Waals surface area contributed by atoms with Gasteiger partial charge in [-0.25, -0.2) is 12.8 Å². The van der Waals surface area contributed by atoms with Gasteiger partial charge in [0.25, 0.3) is 10.0 Å². The summed E-state index contributed by atoms with van der Waals surface area (Å²) < 4.78 is 41.9. The fourth-order valence-corrected chi connectivity index (χ4v) is 5.30. The number of hydrogen-bond acceptors (Lipinski definition) is 4. The van der Waals surface area contributed by atoms with Crippen molar-refractivity contribution in [1.29, 1.82) is 0 Å². The van der Waals surface area contributed by atoms with Gasteiger partial charge >= 0.3 is 0 Å². The number of benzene rings is 3. The molecular formula is C29H34FN3O4S. The molecule has 9 heteroatoms. The van der Waals surface area contributed by atoms with E-state index in [0.717, 1.165) is 40.4 Å². The minimum absolute atomic E-state index is 0.00688. The molecule has 0 bridgehead atoms. The van der Waals surface area contributed by atoms with E-state index in [-0.39, 0.29) is 23.0 Å². The number of carbonyl (C=O) groups excluding carboxylic acids is 2. The molecular weight excluding hydrogens is 505 g/mol. The van der Waals surface area contributed by atoms with Crippen LogP contribution in [0.3, 0.4) is 0 Å². The predicted octanol–water partition coefficient (Wildman–Crippen LogP) is 4.66. The van der Waals surface area contributed by atoms with Crippen LogP contribution in [0, 0.1) is 12.7 Å². The van der Waals surface area contributed by atoms with Gasteiger partial charge in [-0.3, -0.25) is 13.9 Å². The number of sulfonamides is 1. The molecule has 0 saturated carbocycles. The lowest BCUT2D eigenvalue weighted by Gasteiger charge is -2.32. The molecule has 3 aromatic carbocycles. The van der Waals surface area contributed by atoms with Crippen molar-refractivity contribution >= 4 is 27.5 Å². The first-order valence-corrected chi connectivity index (χ1v) is 14.0. The zero-order valence-electron chi connectivity index (χ0n) is 21.9. The second-order valence-electron chi connectivity index (χ2n) is 9.13. The molecule has 0 fully saturated rings. The first-order chi connectivity index (χ1) is 18.1. The average Bonchev–Trinajstić information content (AvgIpc) is 2.92. The minimum Gasteiger partial charge on any atom is -0.354 e. The highest BCUT2D eigenvalue weighted by atomic mass is 32.2. The number of aryl methyl sites for hydroxylation is 1. The standard InChI is InChI=1S/C29H34FN3O4S/c1-4-5-19-31-29(35)23(3)32(20-24-13-11-22(2)12-14-24)28(34)21-33(26-17-15-25(30)16-18-26)38(36,37)27-9-7-6-8-10-27/h6-18,23H,4-5,19-21H2,1-3H3,(H,31,35)/t23-/m1/s1. The number of anilines is 1. The summed E-state index contributed by atoms with van der Waals surface area (Å²) in [7, 11) is -4.17. The van der Waals surface area contributed by atoms with Crippen LogP contribution >= 0.6 is 0 Å². The summed E-state index contributed by atoms with van der Waals surface area (Å²) in [5.74, 6) is -1.42. The maximum absolute atomic E-state index is 13.8. The normalized spacial score (nSPS) is 12.0. The lowest BCUT2D eigenvalue weighted by molar-refractivity contribution is -0.139. The van der Waals surface area contributed by atoms with Crippen LogP contribution in [-0.4, -0.2) is 44.3 Å². The number of amides is 2. The van der Waals surface area contributed by atoms with E-state index in [9.17, 15) is 22.4 Å². The van der Waals surface area contributed by atoms with Gasteiger partial charge in [-0.05, 0) is 62.2 Å². The summed E-state index contributed by atoms with van der Waals surface area (Å²) in [5.41, 5.74) is 1.99. The van der Waals surface area contributed by atoms with Crippen molar-refractivity contribution in [3.05, 3.63) is 95.8 Å². The number of unbranched alkanes of at least 4 members (excludes halogenated alkanes) is 1. The molecule has 0 aliphatic carbocycles. The minimum atomic E-state index is -4.17. The summed E-state index contributed by atoms with van der Waals surface area (Å²) in [6.07, 6.45) is 1.71. The molecule has 3 rings (SSSR count). The Kier molecular flexibility index (Phi) is 10.0. The summed E-state index contributed by atoms with van der Waals surface area (Å²) in [6, 6.07) is 19.4. The van der Waals surface area contributed by atoms with Gasteiger partial charge in [0, 0.05) is 13.1 Å². The Morgan fingerprint density at radius 1 is 0.947 bits per heavy atom. The van der Waals surface area contributed by atoms with Crippen LogP contribution < -0.4 is 9.62 Å². The van der Waals surface area contributed by atoms with E-state index in [2.05, 4.69) is 5.32 Å². The van der Waals surface area contributed by atoms with E-state index in [0.29, 0.717) is 6.54 Å². The summed E-state index contributed by atoms with van der Waals surface area (Å²) in [4.78, 5) is 28.1. The van der Waals surface area contributed by atoms with Crippen molar-refractivity contribution < 1.29 is 22.4 Å². The molecule has 1 N–H and O–H groups in total. The van der Waals surface area contributed by atoms with E-state index in [1.165, 1.54) is 29.2 Å². The molecule has 0 radical (unpaired) electrons. The van der Waals surface area contributed by atoms with E-state index in [4.69, 9.17) is 0 Å². The zero-order valence-corrected chi connectivity index (χ0v) is 22.7. The first-order valence-electron chi connectivity index (χ1n) is 12.6. The van der Waals surface area contributed by atoms with Gasteiger partial charge in [0.1, 0.15) is 18.4 Å². The van der Waals surface area contributed by atoms with E-state index in [1.807, 2.05) is 38.1 Å².